The van der Waals surface area contributed by atoms with Gasteiger partial charge in [0.25, 0.3) is 0 Å². The van der Waals surface area contributed by atoms with Crippen LogP contribution in [-0.4, -0.2) is 50.1 Å². The fourth-order valence-corrected chi connectivity index (χ4v) is 3.08. The Balaban J connectivity index is 2.22. The molecule has 1 aromatic carbocycles. The second-order valence-electron chi connectivity index (χ2n) is 5.71. The molecule has 0 aliphatic carbocycles. The number of hydrogen-bond donors (Lipinski definition) is 0. The molecule has 0 aliphatic rings. The first-order valence-electron chi connectivity index (χ1n) is 8.47. The van der Waals surface area contributed by atoms with Crippen LogP contribution < -0.4 is 9.04 Å². The van der Waals surface area contributed by atoms with Gasteiger partial charge in [-0.05, 0) is 30.2 Å². The molecule has 0 N–H and O–H groups in total. The van der Waals surface area contributed by atoms with E-state index in [1.54, 1.807) is 26.5 Å². The average molecular weight is 391 g/mol. The molecule has 1 atom stereocenters. The molecular weight excluding hydrogens is 366 g/mol. The number of methoxy groups -OCH3 is 3. The molecule has 1 heterocycles. The summed E-state index contributed by atoms with van der Waals surface area (Å²) in [7, 11) is 4.62. The molecule has 0 aliphatic heterocycles. The van der Waals surface area contributed by atoms with Gasteiger partial charge in [-0.25, -0.2) is 9.97 Å². The number of hydrogen-bond acceptors (Lipinski definition) is 8. The molecule has 1 aromatic heterocycles. The van der Waals surface area contributed by atoms with Crippen molar-refractivity contribution in [3.05, 3.63) is 47.8 Å². The normalized spacial score (nSPS) is 11.7. The maximum Gasteiger partial charge on any atom is 0.314 e. The van der Waals surface area contributed by atoms with Crippen LogP contribution in [0.4, 0.5) is 5.95 Å². The van der Waals surface area contributed by atoms with Crippen molar-refractivity contribution in [2.75, 3.05) is 38.5 Å². The monoisotopic (exact) mass is 391 g/mol. The minimum Gasteiger partial charge on any atom is -0.497 e. The van der Waals surface area contributed by atoms with Crippen LogP contribution in [-0.2, 0) is 20.8 Å². The predicted octanol–water partition coefficient (Wildman–Crippen LogP) is 3.06. The van der Waals surface area contributed by atoms with E-state index < -0.39 is 5.92 Å². The summed E-state index contributed by atoms with van der Waals surface area (Å²) in [5.41, 5.74) is 1.72. The van der Waals surface area contributed by atoms with Gasteiger partial charge in [0.1, 0.15) is 11.7 Å². The zero-order chi connectivity index (χ0) is 19.6. The summed E-state index contributed by atoms with van der Waals surface area (Å²) in [6, 6.07) is 9.59. The van der Waals surface area contributed by atoms with E-state index in [-0.39, 0.29) is 5.97 Å². The topological polar surface area (TPSA) is 73.8 Å². The van der Waals surface area contributed by atoms with Gasteiger partial charge in [0.15, 0.2) is 0 Å². The van der Waals surface area contributed by atoms with Gasteiger partial charge >= 0.3 is 5.97 Å². The molecule has 0 radical (unpaired) electrons. The van der Waals surface area contributed by atoms with Crippen LogP contribution in [0.1, 0.15) is 23.6 Å². The lowest BCUT2D eigenvalue weighted by atomic mass is 10.0. The summed E-state index contributed by atoms with van der Waals surface area (Å²) < 4.78 is 17.2. The maximum atomic E-state index is 12.2. The number of carbonyl (C=O) groups excluding carboxylic acids is 1. The zero-order valence-electron chi connectivity index (χ0n) is 16.0. The van der Waals surface area contributed by atoms with E-state index in [4.69, 9.17) is 14.2 Å². The Kier molecular flexibility index (Phi) is 8.35. The van der Waals surface area contributed by atoms with E-state index in [0.29, 0.717) is 31.2 Å². The van der Waals surface area contributed by atoms with Crippen LogP contribution in [0.2, 0.25) is 0 Å². The van der Waals surface area contributed by atoms with Crippen LogP contribution in [0, 0.1) is 0 Å². The fraction of sp³-hybridized carbons (Fsp3) is 0.421. The van der Waals surface area contributed by atoms with Crippen LogP contribution in [0.25, 0.3) is 0 Å². The third-order valence-electron chi connectivity index (χ3n) is 4.05. The van der Waals surface area contributed by atoms with Crippen LogP contribution in [0.15, 0.2) is 36.5 Å². The molecule has 146 valence electrons. The van der Waals surface area contributed by atoms with E-state index in [2.05, 4.69) is 9.97 Å². The van der Waals surface area contributed by atoms with Gasteiger partial charge in [-0.15, -0.1) is 0 Å². The van der Waals surface area contributed by atoms with Gasteiger partial charge in [0, 0.05) is 26.2 Å². The highest BCUT2D eigenvalue weighted by molar-refractivity contribution is 7.99. The van der Waals surface area contributed by atoms with E-state index >= 15 is 0 Å². The number of carbonyl (C=O) groups is 1. The van der Waals surface area contributed by atoms with Gasteiger partial charge in [-0.2, -0.15) is 0 Å². The van der Waals surface area contributed by atoms with E-state index in [1.165, 1.54) is 19.1 Å². The van der Waals surface area contributed by atoms with Crippen molar-refractivity contribution in [2.24, 2.45) is 0 Å². The number of nitrogens with zero attached hydrogens (tertiary/aromatic N) is 3. The van der Waals surface area contributed by atoms with E-state index in [9.17, 15) is 4.79 Å². The Bertz CT molecular complexity index is 727. The Labute approximate surface area is 164 Å². The Morgan fingerprint density at radius 2 is 1.93 bits per heavy atom. The Morgan fingerprint density at radius 3 is 2.52 bits per heavy atom. The molecule has 2 rings (SSSR count). The van der Waals surface area contributed by atoms with Gasteiger partial charge in [-0.3, -0.25) is 9.10 Å². The molecule has 7 nitrogen and oxygen atoms in total. The molecule has 0 saturated heterocycles. The first-order chi connectivity index (χ1) is 13.1. The van der Waals surface area contributed by atoms with Crippen molar-refractivity contribution in [1.29, 1.82) is 0 Å². The van der Waals surface area contributed by atoms with Crippen molar-refractivity contribution in [2.45, 2.75) is 18.9 Å². The summed E-state index contributed by atoms with van der Waals surface area (Å²) in [6.07, 6.45) is 4.12. The standard InChI is InChI=1S/C19H25N3O4S/c1-24-12-10-16(18(23)26-3)17-9-11-20-19(21-17)22(27-4)13-14-5-7-15(25-2)8-6-14/h5-9,11,16H,10,12-13H2,1-4H3. The van der Waals surface area contributed by atoms with E-state index in [1.807, 2.05) is 34.8 Å². The predicted molar refractivity (Wildman–Crippen MR) is 106 cm³/mol. The SMILES string of the molecule is COCCC(C(=O)OC)c1ccnc(N(Cc2ccc(OC)cc2)SC)n1. The number of benzene rings is 1. The summed E-state index contributed by atoms with van der Waals surface area (Å²) in [4.78, 5) is 21.1. The number of anilines is 1. The van der Waals surface area contributed by atoms with Gasteiger partial charge in [-0.1, -0.05) is 24.1 Å². The highest BCUT2D eigenvalue weighted by Crippen LogP contribution is 2.25. The number of rotatable bonds is 10. The first kappa shape index (κ1) is 21.0. The largest absolute Gasteiger partial charge is 0.497 e. The first-order valence-corrected chi connectivity index (χ1v) is 9.65. The van der Waals surface area contributed by atoms with Gasteiger partial charge < -0.3 is 14.2 Å². The van der Waals surface area contributed by atoms with Gasteiger partial charge in [0.2, 0.25) is 5.95 Å². The number of ether oxygens (including phenoxy) is 3. The second-order valence-corrected chi connectivity index (χ2v) is 6.51. The summed E-state index contributed by atoms with van der Waals surface area (Å²) in [6.45, 7) is 1.06. The Hall–Kier alpha value is -2.32. The molecule has 0 saturated carbocycles. The summed E-state index contributed by atoms with van der Waals surface area (Å²) in [5, 5.41) is 0. The van der Waals surface area contributed by atoms with Gasteiger partial charge in [0.05, 0.1) is 26.5 Å². The molecule has 2 aromatic rings. The van der Waals surface area contributed by atoms with Crippen LogP contribution >= 0.6 is 11.9 Å². The third kappa shape index (κ3) is 5.83. The lowest BCUT2D eigenvalue weighted by molar-refractivity contribution is -0.143. The maximum absolute atomic E-state index is 12.2. The lowest BCUT2D eigenvalue weighted by Gasteiger charge is -2.21. The second kappa shape index (κ2) is 10.7. The minimum atomic E-state index is -0.485. The van der Waals surface area contributed by atoms with Crippen molar-refractivity contribution < 1.29 is 19.0 Å². The molecule has 8 heteroatoms. The van der Waals surface area contributed by atoms with Crippen LogP contribution in [0.3, 0.4) is 0 Å². The molecule has 1 unspecified atom stereocenters. The fourth-order valence-electron chi connectivity index (χ4n) is 2.55. The minimum absolute atomic E-state index is 0.331. The van der Waals surface area contributed by atoms with Crippen LogP contribution in [0.5, 0.6) is 5.75 Å². The highest BCUT2D eigenvalue weighted by Gasteiger charge is 2.24. The summed E-state index contributed by atoms with van der Waals surface area (Å²) in [5.74, 6) is 0.540. The van der Waals surface area contributed by atoms with Crippen molar-refractivity contribution in [1.82, 2.24) is 9.97 Å². The highest BCUT2D eigenvalue weighted by atomic mass is 32.2. The lowest BCUT2D eigenvalue weighted by Crippen LogP contribution is -2.21. The molecule has 0 amide bonds. The molecule has 0 spiro atoms. The average Bonchev–Trinajstić information content (AvgIpc) is 2.72. The Morgan fingerprint density at radius 1 is 1.19 bits per heavy atom. The molecule has 0 fully saturated rings. The third-order valence-corrected chi connectivity index (χ3v) is 4.78. The molecule has 27 heavy (non-hydrogen) atoms. The molecular formula is C19H25N3O4S. The van der Waals surface area contributed by atoms with Crippen molar-refractivity contribution >= 4 is 23.9 Å². The quantitative estimate of drug-likeness (QED) is 0.452. The summed E-state index contributed by atoms with van der Waals surface area (Å²) >= 11 is 1.52. The van der Waals surface area contributed by atoms with Crippen molar-refractivity contribution in [3.63, 3.8) is 0 Å². The zero-order valence-corrected chi connectivity index (χ0v) is 16.9. The number of esters is 1. The smallest absolute Gasteiger partial charge is 0.314 e. The van der Waals surface area contributed by atoms with Crippen molar-refractivity contribution in [3.8, 4) is 5.75 Å². The number of aromatic nitrogens is 2. The molecule has 0 bridgehead atoms. The van der Waals surface area contributed by atoms with E-state index in [0.717, 1.165) is 11.3 Å².